The van der Waals surface area contributed by atoms with Crippen molar-refractivity contribution in [2.45, 2.75) is 37.8 Å². The van der Waals surface area contributed by atoms with E-state index in [0.717, 1.165) is 36.4 Å². The quantitative estimate of drug-likeness (QED) is 0.548. The summed E-state index contributed by atoms with van der Waals surface area (Å²) in [6.07, 6.45) is 1.81. The first-order valence-electron chi connectivity index (χ1n) is 11.6. The van der Waals surface area contributed by atoms with E-state index in [1.54, 1.807) is 11.1 Å². The zero-order valence-corrected chi connectivity index (χ0v) is 19.0. The maximum atomic E-state index is 12.9. The standard InChI is InChI=1S/C24H25F3N6O2/c25-24(26,27)18-6-3-7-19(14-18)29-23(34)33-12-10-32(11-13-33)20-9-8-17(15-28-20)21-30-22(35-31-21)16-4-1-2-5-16/h3,6-9,14-16H,1-2,4-5,10-13H2,(H,29,34). The number of benzene rings is 1. The molecule has 35 heavy (non-hydrogen) atoms. The second-order valence-electron chi connectivity index (χ2n) is 8.83. The van der Waals surface area contributed by atoms with Gasteiger partial charge in [0.2, 0.25) is 11.7 Å². The van der Waals surface area contributed by atoms with E-state index >= 15 is 0 Å². The second kappa shape index (κ2) is 9.55. The Hall–Kier alpha value is -3.63. The Kier molecular flexibility index (Phi) is 6.31. The van der Waals surface area contributed by atoms with Crippen molar-refractivity contribution in [3.8, 4) is 11.4 Å². The summed E-state index contributed by atoms with van der Waals surface area (Å²) in [5.74, 6) is 2.35. The van der Waals surface area contributed by atoms with Crippen LogP contribution in [0.2, 0.25) is 0 Å². The van der Waals surface area contributed by atoms with Crippen LogP contribution in [0.3, 0.4) is 0 Å². The maximum Gasteiger partial charge on any atom is 0.416 e. The Bertz CT molecular complexity index is 1170. The normalized spacial score (nSPS) is 17.1. The smallest absolute Gasteiger partial charge is 0.353 e. The van der Waals surface area contributed by atoms with Gasteiger partial charge in [0.1, 0.15) is 5.82 Å². The summed E-state index contributed by atoms with van der Waals surface area (Å²) in [7, 11) is 0. The molecule has 0 atom stereocenters. The molecule has 184 valence electrons. The maximum absolute atomic E-state index is 12.9. The summed E-state index contributed by atoms with van der Waals surface area (Å²) in [4.78, 5) is 25.3. The fraction of sp³-hybridized carbons (Fsp3) is 0.417. The van der Waals surface area contributed by atoms with Gasteiger partial charge in [-0.25, -0.2) is 9.78 Å². The summed E-state index contributed by atoms with van der Waals surface area (Å²) in [6.45, 7) is 1.94. The molecule has 8 nitrogen and oxygen atoms in total. The SMILES string of the molecule is O=C(Nc1cccc(C(F)(F)F)c1)N1CCN(c2ccc(-c3noc(C4CCCC4)n3)cn2)CC1. The average Bonchev–Trinajstić information content (AvgIpc) is 3.56. The summed E-state index contributed by atoms with van der Waals surface area (Å²) < 4.78 is 44.2. The Morgan fingerprint density at radius 3 is 2.51 bits per heavy atom. The highest BCUT2D eigenvalue weighted by molar-refractivity contribution is 5.89. The van der Waals surface area contributed by atoms with Gasteiger partial charge in [0.05, 0.1) is 5.56 Å². The Labute approximate surface area is 200 Å². The van der Waals surface area contributed by atoms with Crippen LogP contribution in [0.15, 0.2) is 47.1 Å². The van der Waals surface area contributed by atoms with E-state index in [-0.39, 0.29) is 5.69 Å². The number of urea groups is 1. The number of piperazine rings is 1. The van der Waals surface area contributed by atoms with Gasteiger partial charge in [0, 0.05) is 49.5 Å². The predicted octanol–water partition coefficient (Wildman–Crippen LogP) is 5.16. The second-order valence-corrected chi connectivity index (χ2v) is 8.83. The Balaban J connectivity index is 1.16. The molecular weight excluding hydrogens is 461 g/mol. The summed E-state index contributed by atoms with van der Waals surface area (Å²) in [6, 6.07) is 7.98. The van der Waals surface area contributed by atoms with E-state index in [1.165, 1.54) is 25.0 Å². The van der Waals surface area contributed by atoms with Gasteiger partial charge in [-0.15, -0.1) is 0 Å². The number of anilines is 2. The number of alkyl halides is 3. The van der Waals surface area contributed by atoms with E-state index in [0.29, 0.717) is 43.8 Å². The van der Waals surface area contributed by atoms with Crippen LogP contribution in [0.4, 0.5) is 29.5 Å². The lowest BCUT2D eigenvalue weighted by Gasteiger charge is -2.35. The number of nitrogens with one attached hydrogen (secondary N) is 1. The first-order chi connectivity index (χ1) is 16.9. The highest BCUT2D eigenvalue weighted by Crippen LogP contribution is 2.34. The van der Waals surface area contributed by atoms with Crippen molar-refractivity contribution in [1.82, 2.24) is 20.0 Å². The van der Waals surface area contributed by atoms with Crippen LogP contribution in [-0.2, 0) is 6.18 Å². The number of nitrogens with zero attached hydrogens (tertiary/aromatic N) is 5. The fourth-order valence-electron chi connectivity index (χ4n) is 4.51. The zero-order valence-electron chi connectivity index (χ0n) is 19.0. The van der Waals surface area contributed by atoms with E-state index in [9.17, 15) is 18.0 Å². The molecule has 1 aliphatic carbocycles. The Morgan fingerprint density at radius 1 is 1.06 bits per heavy atom. The molecule has 1 N–H and O–H groups in total. The van der Waals surface area contributed by atoms with E-state index < -0.39 is 17.8 Å². The van der Waals surface area contributed by atoms with Crippen LogP contribution in [0, 0.1) is 0 Å². The summed E-state index contributed by atoms with van der Waals surface area (Å²) >= 11 is 0. The molecule has 1 aromatic carbocycles. The number of carbonyl (C=O) groups is 1. The molecule has 11 heteroatoms. The van der Waals surface area contributed by atoms with Crippen LogP contribution < -0.4 is 10.2 Å². The lowest BCUT2D eigenvalue weighted by Crippen LogP contribution is -2.50. The lowest BCUT2D eigenvalue weighted by molar-refractivity contribution is -0.137. The first-order valence-corrected chi connectivity index (χ1v) is 11.6. The van der Waals surface area contributed by atoms with E-state index in [2.05, 4.69) is 25.3 Å². The van der Waals surface area contributed by atoms with Gasteiger partial charge >= 0.3 is 12.2 Å². The third kappa shape index (κ3) is 5.23. The van der Waals surface area contributed by atoms with Crippen LogP contribution >= 0.6 is 0 Å². The highest BCUT2D eigenvalue weighted by atomic mass is 19.4. The monoisotopic (exact) mass is 486 g/mol. The number of halogens is 3. The zero-order chi connectivity index (χ0) is 24.4. The van der Waals surface area contributed by atoms with E-state index in [4.69, 9.17) is 4.52 Å². The average molecular weight is 486 g/mol. The first kappa shape index (κ1) is 23.1. The minimum atomic E-state index is -4.46. The molecule has 1 aliphatic heterocycles. The van der Waals surface area contributed by atoms with E-state index in [1.807, 2.05) is 12.1 Å². The number of hydrogen-bond acceptors (Lipinski definition) is 6. The Morgan fingerprint density at radius 2 is 1.83 bits per heavy atom. The van der Waals surface area contributed by atoms with Crippen molar-refractivity contribution < 1.29 is 22.5 Å². The van der Waals surface area contributed by atoms with Gasteiger partial charge in [-0.05, 0) is 43.2 Å². The van der Waals surface area contributed by atoms with Gasteiger partial charge in [-0.3, -0.25) is 0 Å². The highest BCUT2D eigenvalue weighted by Gasteiger charge is 2.31. The number of hydrogen-bond donors (Lipinski definition) is 1. The summed E-state index contributed by atoms with van der Waals surface area (Å²) in [5, 5.41) is 6.66. The van der Waals surface area contributed by atoms with Crippen LogP contribution in [-0.4, -0.2) is 52.2 Å². The lowest BCUT2D eigenvalue weighted by atomic mass is 10.1. The fourth-order valence-corrected chi connectivity index (χ4v) is 4.51. The van der Waals surface area contributed by atoms with Crippen molar-refractivity contribution in [2.24, 2.45) is 0 Å². The van der Waals surface area contributed by atoms with Crippen LogP contribution in [0.5, 0.6) is 0 Å². The number of rotatable bonds is 4. The topological polar surface area (TPSA) is 87.4 Å². The summed E-state index contributed by atoms with van der Waals surface area (Å²) in [5.41, 5.74) is 0.0909. The minimum Gasteiger partial charge on any atom is -0.353 e. The van der Waals surface area contributed by atoms with Gasteiger partial charge in [-0.1, -0.05) is 24.1 Å². The van der Waals surface area contributed by atoms with Gasteiger partial charge in [0.15, 0.2) is 0 Å². The number of carbonyl (C=O) groups excluding carboxylic acids is 1. The molecule has 3 aromatic rings. The molecule has 0 radical (unpaired) electrons. The van der Waals surface area contributed by atoms with Gasteiger partial charge < -0.3 is 19.6 Å². The van der Waals surface area contributed by atoms with Crippen molar-refractivity contribution in [3.05, 3.63) is 54.0 Å². The molecular formula is C24H25F3N6O2. The van der Waals surface area contributed by atoms with Crippen LogP contribution in [0.25, 0.3) is 11.4 Å². The molecule has 0 spiro atoms. The molecule has 5 rings (SSSR count). The molecule has 1 saturated carbocycles. The molecule has 2 amide bonds. The molecule has 0 bridgehead atoms. The molecule has 3 heterocycles. The van der Waals surface area contributed by atoms with Crippen molar-refractivity contribution >= 4 is 17.5 Å². The number of pyridine rings is 1. The molecule has 2 fully saturated rings. The predicted molar refractivity (Wildman–Crippen MR) is 123 cm³/mol. The van der Waals surface area contributed by atoms with Crippen LogP contribution in [0.1, 0.15) is 43.1 Å². The number of amides is 2. The van der Waals surface area contributed by atoms with Crippen molar-refractivity contribution in [1.29, 1.82) is 0 Å². The molecule has 2 aromatic heterocycles. The minimum absolute atomic E-state index is 0.113. The largest absolute Gasteiger partial charge is 0.416 e. The van der Waals surface area contributed by atoms with Gasteiger partial charge in [0.25, 0.3) is 0 Å². The molecule has 0 unspecified atom stereocenters. The van der Waals surface area contributed by atoms with Crippen molar-refractivity contribution in [3.63, 3.8) is 0 Å². The third-order valence-electron chi connectivity index (χ3n) is 6.48. The molecule has 2 aliphatic rings. The van der Waals surface area contributed by atoms with Crippen molar-refractivity contribution in [2.75, 3.05) is 36.4 Å². The van der Waals surface area contributed by atoms with Gasteiger partial charge in [-0.2, -0.15) is 18.2 Å². The number of aromatic nitrogens is 3. The third-order valence-corrected chi connectivity index (χ3v) is 6.48. The molecule has 1 saturated heterocycles.